The smallest absolute Gasteiger partial charge is 0.224 e. The Balaban J connectivity index is 2.46. The van der Waals surface area contributed by atoms with E-state index in [1.165, 1.54) is 0 Å². The summed E-state index contributed by atoms with van der Waals surface area (Å²) in [6.07, 6.45) is 3.60. The van der Waals surface area contributed by atoms with E-state index >= 15 is 0 Å². The van der Waals surface area contributed by atoms with Crippen LogP contribution in [0, 0.1) is 0 Å². The zero-order valence-electron chi connectivity index (χ0n) is 11.7. The van der Waals surface area contributed by atoms with E-state index in [1.54, 1.807) is 25.3 Å². The third-order valence-corrected chi connectivity index (χ3v) is 4.27. The second kappa shape index (κ2) is 7.20. The lowest BCUT2D eigenvalue weighted by atomic mass is 10.2. The fourth-order valence-corrected chi connectivity index (χ4v) is 2.56. The van der Waals surface area contributed by atoms with E-state index in [9.17, 15) is 0 Å². The maximum absolute atomic E-state index is 5.85. The highest BCUT2D eigenvalue weighted by atomic mass is 79.9. The first-order valence-corrected chi connectivity index (χ1v) is 8.32. The fraction of sp³-hybridized carbons (Fsp3) is 0.231. The summed E-state index contributed by atoms with van der Waals surface area (Å²) in [7, 11) is 3.62. The van der Waals surface area contributed by atoms with E-state index in [0.717, 1.165) is 21.6 Å². The van der Waals surface area contributed by atoms with Gasteiger partial charge in [-0.25, -0.2) is 4.98 Å². The van der Waals surface area contributed by atoms with Gasteiger partial charge in [-0.1, -0.05) is 18.0 Å². The third-order valence-electron chi connectivity index (χ3n) is 2.78. The molecule has 2 rings (SSSR count). The van der Waals surface area contributed by atoms with E-state index in [1.807, 2.05) is 35.8 Å². The van der Waals surface area contributed by atoms with Gasteiger partial charge in [0.1, 0.15) is 17.3 Å². The number of anilines is 3. The molecule has 0 aliphatic rings. The summed E-state index contributed by atoms with van der Waals surface area (Å²) >= 11 is 10.8. The number of para-hydroxylation sites is 1. The molecule has 1 aromatic heterocycles. The number of aromatic nitrogens is 2. The van der Waals surface area contributed by atoms with E-state index in [0.29, 0.717) is 5.82 Å². The first-order valence-electron chi connectivity index (χ1n) is 5.96. The summed E-state index contributed by atoms with van der Waals surface area (Å²) in [6.45, 7) is 0. The van der Waals surface area contributed by atoms with Crippen molar-refractivity contribution in [3.05, 3.63) is 34.2 Å². The van der Waals surface area contributed by atoms with Crippen molar-refractivity contribution in [2.75, 3.05) is 30.0 Å². The molecule has 0 saturated carbocycles. The van der Waals surface area contributed by atoms with Gasteiger partial charge in [0.2, 0.25) is 5.28 Å². The molecule has 0 atom stereocenters. The van der Waals surface area contributed by atoms with Gasteiger partial charge in [-0.05, 0) is 39.7 Å². The number of nitrogens with one attached hydrogen (secondary N) is 1. The largest absolute Gasteiger partial charge is 0.494 e. The van der Waals surface area contributed by atoms with Gasteiger partial charge < -0.3 is 14.4 Å². The molecular formula is C13H14BrClN4OS. The Morgan fingerprint density at radius 1 is 1.43 bits per heavy atom. The van der Waals surface area contributed by atoms with Crippen LogP contribution in [-0.4, -0.2) is 30.4 Å². The Labute approximate surface area is 141 Å². The van der Waals surface area contributed by atoms with E-state index in [2.05, 4.69) is 31.2 Å². The lowest BCUT2D eigenvalue weighted by Crippen LogP contribution is -2.10. The Bertz CT molecular complexity index is 644. The van der Waals surface area contributed by atoms with Gasteiger partial charge in [0.05, 0.1) is 17.3 Å². The molecule has 1 heterocycles. The topological polar surface area (TPSA) is 50.3 Å². The lowest BCUT2D eigenvalue weighted by Gasteiger charge is -2.22. The molecule has 0 amide bonds. The van der Waals surface area contributed by atoms with Crippen molar-refractivity contribution in [3.8, 4) is 5.75 Å². The second-order valence-electron chi connectivity index (χ2n) is 4.00. The van der Waals surface area contributed by atoms with E-state index < -0.39 is 0 Å². The maximum Gasteiger partial charge on any atom is 0.224 e. The minimum Gasteiger partial charge on any atom is -0.494 e. The number of hydrogen-bond acceptors (Lipinski definition) is 6. The van der Waals surface area contributed by atoms with Gasteiger partial charge in [0.25, 0.3) is 0 Å². The summed E-state index contributed by atoms with van der Waals surface area (Å²) in [5.74, 6) is 1.37. The van der Waals surface area contributed by atoms with Crippen LogP contribution >= 0.6 is 39.5 Å². The molecule has 112 valence electrons. The molecule has 1 N–H and O–H groups in total. The third kappa shape index (κ3) is 3.72. The summed E-state index contributed by atoms with van der Waals surface area (Å²) < 4.78 is 8.18. The molecule has 5 nitrogen and oxygen atoms in total. The van der Waals surface area contributed by atoms with Crippen LogP contribution in [0.15, 0.2) is 28.9 Å². The molecule has 0 bridgehead atoms. The molecule has 8 heteroatoms. The number of halogens is 2. The highest BCUT2D eigenvalue weighted by Gasteiger charge is 2.15. The van der Waals surface area contributed by atoms with Gasteiger partial charge in [-0.2, -0.15) is 4.98 Å². The number of nitrogens with zero attached hydrogens (tertiary/aromatic N) is 3. The average Bonchev–Trinajstić information content (AvgIpc) is 2.49. The quantitative estimate of drug-likeness (QED) is 0.606. The molecule has 0 unspecified atom stereocenters. The van der Waals surface area contributed by atoms with Crippen molar-refractivity contribution in [3.63, 3.8) is 0 Å². The lowest BCUT2D eigenvalue weighted by molar-refractivity contribution is 0.416. The first-order chi connectivity index (χ1) is 10.1. The highest BCUT2D eigenvalue weighted by molar-refractivity contribution is 9.10. The summed E-state index contributed by atoms with van der Waals surface area (Å²) in [5.41, 5.74) is 1.79. The van der Waals surface area contributed by atoms with Gasteiger partial charge in [0, 0.05) is 19.5 Å². The average molecular weight is 390 g/mol. The minimum absolute atomic E-state index is 0.184. The summed E-state index contributed by atoms with van der Waals surface area (Å²) in [5, 5.41) is 3.44. The van der Waals surface area contributed by atoms with Crippen molar-refractivity contribution in [2.24, 2.45) is 0 Å². The molecule has 0 aliphatic heterocycles. The van der Waals surface area contributed by atoms with Crippen molar-refractivity contribution in [1.82, 2.24) is 9.97 Å². The van der Waals surface area contributed by atoms with Crippen LogP contribution in [0.2, 0.25) is 5.28 Å². The maximum atomic E-state index is 5.85. The van der Waals surface area contributed by atoms with Gasteiger partial charge >= 0.3 is 0 Å². The van der Waals surface area contributed by atoms with E-state index in [4.69, 9.17) is 16.3 Å². The molecule has 0 spiro atoms. The van der Waals surface area contributed by atoms with E-state index in [-0.39, 0.29) is 5.28 Å². The molecule has 1 aromatic carbocycles. The number of hydrogen-bond donors (Lipinski definition) is 1. The number of rotatable bonds is 5. The molecule has 0 aliphatic carbocycles. The van der Waals surface area contributed by atoms with Gasteiger partial charge in [-0.15, -0.1) is 0 Å². The van der Waals surface area contributed by atoms with Crippen LogP contribution < -0.4 is 14.4 Å². The first kappa shape index (κ1) is 16.2. The number of methoxy groups -OCH3 is 1. The van der Waals surface area contributed by atoms with Crippen molar-refractivity contribution >= 4 is 56.7 Å². The summed E-state index contributed by atoms with van der Waals surface area (Å²) in [4.78, 5) is 8.10. The number of ether oxygens (including phenoxy) is 1. The SMILES string of the molecule is COc1cccc(Nc2nc(Cl)ncc2Br)c1N(C)SC. The Morgan fingerprint density at radius 3 is 2.86 bits per heavy atom. The molecule has 0 fully saturated rings. The Kier molecular flexibility index (Phi) is 5.55. The summed E-state index contributed by atoms with van der Waals surface area (Å²) in [6, 6.07) is 5.78. The monoisotopic (exact) mass is 388 g/mol. The van der Waals surface area contributed by atoms with Crippen LogP contribution in [0.4, 0.5) is 17.2 Å². The zero-order chi connectivity index (χ0) is 15.4. The fourth-order valence-electron chi connectivity index (χ4n) is 1.76. The standard InChI is InChI=1S/C13H14BrClN4OS/c1-19(21-3)11-9(5-4-6-10(11)20-2)17-12-8(14)7-16-13(15)18-12/h4-7H,1-3H3,(H,16,17,18). The molecule has 0 saturated heterocycles. The predicted molar refractivity (Wildman–Crippen MR) is 92.9 cm³/mol. The molecule has 21 heavy (non-hydrogen) atoms. The highest BCUT2D eigenvalue weighted by Crippen LogP contribution is 2.39. The minimum atomic E-state index is 0.184. The number of benzene rings is 1. The van der Waals surface area contributed by atoms with Crippen LogP contribution in [-0.2, 0) is 0 Å². The van der Waals surface area contributed by atoms with Crippen molar-refractivity contribution in [2.45, 2.75) is 0 Å². The molecular weight excluding hydrogens is 376 g/mol. The van der Waals surface area contributed by atoms with Gasteiger partial charge in [0.15, 0.2) is 0 Å². The van der Waals surface area contributed by atoms with Crippen molar-refractivity contribution in [1.29, 1.82) is 0 Å². The van der Waals surface area contributed by atoms with Crippen LogP contribution in [0.25, 0.3) is 0 Å². The van der Waals surface area contributed by atoms with Crippen LogP contribution in [0.1, 0.15) is 0 Å². The zero-order valence-corrected chi connectivity index (χ0v) is 14.9. The second-order valence-corrected chi connectivity index (χ2v) is 6.10. The Morgan fingerprint density at radius 2 is 2.19 bits per heavy atom. The van der Waals surface area contributed by atoms with Crippen LogP contribution in [0.5, 0.6) is 5.75 Å². The van der Waals surface area contributed by atoms with Gasteiger partial charge in [-0.3, -0.25) is 0 Å². The van der Waals surface area contributed by atoms with Crippen molar-refractivity contribution < 1.29 is 4.74 Å². The molecule has 2 aromatic rings. The van der Waals surface area contributed by atoms with Crippen LogP contribution in [0.3, 0.4) is 0 Å². The predicted octanol–water partition coefficient (Wildman–Crippen LogP) is 4.36. The Hall–Kier alpha value is -1.18. The normalized spacial score (nSPS) is 10.3. The molecule has 0 radical (unpaired) electrons.